The van der Waals surface area contributed by atoms with Gasteiger partial charge < -0.3 is 14.4 Å². The number of aromatic nitrogens is 3. The van der Waals surface area contributed by atoms with Gasteiger partial charge in [0.15, 0.2) is 0 Å². The molecule has 38 heavy (non-hydrogen) atoms. The molecule has 0 saturated carbocycles. The van der Waals surface area contributed by atoms with Crippen molar-refractivity contribution in [1.29, 1.82) is 0 Å². The van der Waals surface area contributed by atoms with Crippen LogP contribution in [0.1, 0.15) is 11.1 Å². The third-order valence-corrected chi connectivity index (χ3v) is 8.19. The molecule has 4 nitrogen and oxygen atoms in total. The van der Waals surface area contributed by atoms with Crippen molar-refractivity contribution in [1.82, 2.24) is 15.0 Å². The minimum atomic E-state index is -1.56. The van der Waals surface area contributed by atoms with Crippen LogP contribution in [0, 0.1) is 26.0 Å². The Labute approximate surface area is 238 Å². The van der Waals surface area contributed by atoms with E-state index in [1.54, 1.807) is 0 Å². The average Bonchev–Trinajstić information content (AvgIpc) is 3.29. The van der Waals surface area contributed by atoms with Gasteiger partial charge in [-0.3, -0.25) is 4.98 Å². The van der Waals surface area contributed by atoms with Crippen LogP contribution >= 0.6 is 0 Å². The Kier molecular flexibility index (Phi) is 8.37. The zero-order valence-electron chi connectivity index (χ0n) is 22.2. The van der Waals surface area contributed by atoms with Crippen molar-refractivity contribution >= 4 is 35.3 Å². The zero-order valence-corrected chi connectivity index (χ0v) is 25.6. The quantitative estimate of drug-likeness (QED) is 0.142. The van der Waals surface area contributed by atoms with Gasteiger partial charge in [-0.25, -0.2) is 0 Å². The molecule has 6 aromatic rings. The van der Waals surface area contributed by atoms with E-state index in [2.05, 4.69) is 64.9 Å². The third kappa shape index (κ3) is 5.83. The fourth-order valence-electron chi connectivity index (χ4n) is 4.21. The van der Waals surface area contributed by atoms with Crippen molar-refractivity contribution in [3.05, 3.63) is 109 Å². The second kappa shape index (κ2) is 11.5. The molecule has 0 aliphatic rings. The summed E-state index contributed by atoms with van der Waals surface area (Å²) >= 11 is 0. The third-order valence-electron chi connectivity index (χ3n) is 6.18. The second-order valence-corrected chi connectivity index (χ2v) is 15.2. The number of benzene rings is 2. The fourth-order valence-corrected chi connectivity index (χ4v) is 5.70. The number of pyridine rings is 3. The van der Waals surface area contributed by atoms with Gasteiger partial charge in [0, 0.05) is 46.8 Å². The summed E-state index contributed by atoms with van der Waals surface area (Å²) in [6, 6.07) is 28.6. The Morgan fingerprint density at radius 3 is 2.08 bits per heavy atom. The SMILES string of the molecule is Cc1ccc(-c2[c-]cc([Si](C)(C)C)c3c2oc2cccnc23)nc1.Cc1ccc(-c2[c-]cccc2)nc1.[Ir]. The maximum Gasteiger partial charge on any atom is 0.139 e. The second-order valence-electron chi connectivity index (χ2n) is 10.2. The molecule has 0 spiro atoms. The largest absolute Gasteiger partial charge is 0.499 e. The van der Waals surface area contributed by atoms with Crippen molar-refractivity contribution in [2.24, 2.45) is 0 Å². The van der Waals surface area contributed by atoms with E-state index >= 15 is 0 Å². The Bertz CT molecular complexity index is 1660. The number of hydrogen-bond acceptors (Lipinski definition) is 4. The summed E-state index contributed by atoms with van der Waals surface area (Å²) in [5.74, 6) is 0. The van der Waals surface area contributed by atoms with Crippen molar-refractivity contribution in [2.75, 3.05) is 0 Å². The standard InChI is InChI=1S/C20H19N2OSi.C12H10N.Ir/c1-13-7-9-15(22-12-13)14-8-10-17(24(2,3)4)18-19-16(23-20(14)18)6-5-11-21-19;1-10-7-8-12(13-9-10)11-5-3-2-4-6-11;/h5-7,9-12H,1-4H3;2-5,7-9H,1H3;/q2*-1;. The summed E-state index contributed by atoms with van der Waals surface area (Å²) in [5.41, 5.74) is 8.73. The van der Waals surface area contributed by atoms with Crippen LogP contribution in [0.4, 0.5) is 0 Å². The predicted molar refractivity (Wildman–Crippen MR) is 155 cm³/mol. The summed E-state index contributed by atoms with van der Waals surface area (Å²) in [5, 5.41) is 2.45. The first kappa shape index (κ1) is 27.6. The topological polar surface area (TPSA) is 51.8 Å². The van der Waals surface area contributed by atoms with E-state index < -0.39 is 8.07 Å². The number of rotatable bonds is 3. The fraction of sp³-hybridized carbons (Fsp3) is 0.156. The molecule has 2 aromatic carbocycles. The summed E-state index contributed by atoms with van der Waals surface area (Å²) in [6.45, 7) is 11.1. The maximum absolute atomic E-state index is 6.19. The number of aryl methyl sites for hydroxylation is 2. The minimum Gasteiger partial charge on any atom is -0.499 e. The van der Waals surface area contributed by atoms with Crippen LogP contribution < -0.4 is 5.19 Å². The van der Waals surface area contributed by atoms with Gasteiger partial charge in [0.25, 0.3) is 0 Å². The van der Waals surface area contributed by atoms with Crippen LogP contribution in [-0.2, 0) is 20.1 Å². The van der Waals surface area contributed by atoms with Gasteiger partial charge >= 0.3 is 0 Å². The van der Waals surface area contributed by atoms with E-state index in [1.165, 1.54) is 10.8 Å². The molecule has 0 aliphatic carbocycles. The molecule has 6 rings (SSSR count). The monoisotopic (exact) mass is 692 g/mol. The van der Waals surface area contributed by atoms with Gasteiger partial charge in [-0.1, -0.05) is 49.5 Å². The van der Waals surface area contributed by atoms with E-state index in [0.29, 0.717) is 0 Å². The van der Waals surface area contributed by atoms with Crippen molar-refractivity contribution < 1.29 is 24.5 Å². The first-order valence-corrected chi connectivity index (χ1v) is 15.9. The van der Waals surface area contributed by atoms with Crippen molar-refractivity contribution in [2.45, 2.75) is 33.5 Å². The van der Waals surface area contributed by atoms with E-state index in [4.69, 9.17) is 4.42 Å². The van der Waals surface area contributed by atoms with Crippen molar-refractivity contribution in [3.63, 3.8) is 0 Å². The van der Waals surface area contributed by atoms with Gasteiger partial charge in [-0.2, -0.15) is 0 Å². The number of hydrogen-bond donors (Lipinski definition) is 0. The Morgan fingerprint density at radius 2 is 1.47 bits per heavy atom. The Balaban J connectivity index is 0.000000204. The Morgan fingerprint density at radius 1 is 0.763 bits per heavy atom. The van der Waals surface area contributed by atoms with Gasteiger partial charge in [0.2, 0.25) is 0 Å². The van der Waals surface area contributed by atoms with Gasteiger partial charge in [-0.15, -0.1) is 53.2 Å². The van der Waals surface area contributed by atoms with E-state index in [-0.39, 0.29) is 20.1 Å². The number of nitrogens with zero attached hydrogens (tertiary/aromatic N) is 3. The molecule has 0 atom stereocenters. The molecular weight excluding hydrogens is 663 g/mol. The van der Waals surface area contributed by atoms with Gasteiger partial charge in [0.05, 0.1) is 11.1 Å². The molecule has 6 heteroatoms. The first-order chi connectivity index (χ1) is 17.8. The molecular formula is C32H29IrN3OSi-2. The molecule has 193 valence electrons. The van der Waals surface area contributed by atoms with E-state index in [0.717, 1.165) is 50.1 Å². The van der Waals surface area contributed by atoms with Crippen LogP contribution in [0.25, 0.3) is 44.6 Å². The number of fused-ring (bicyclic) bond motifs is 3. The Hall–Kier alpha value is -3.44. The molecule has 0 N–H and O–H groups in total. The number of furan rings is 1. The predicted octanol–water partition coefficient (Wildman–Crippen LogP) is 7.55. The molecule has 1 radical (unpaired) electrons. The van der Waals surface area contributed by atoms with Crippen LogP contribution in [0.3, 0.4) is 0 Å². The zero-order chi connectivity index (χ0) is 26.0. The van der Waals surface area contributed by atoms with Crippen LogP contribution in [0.5, 0.6) is 0 Å². The summed E-state index contributed by atoms with van der Waals surface area (Å²) in [4.78, 5) is 13.5. The average molecular weight is 692 g/mol. The van der Waals surface area contributed by atoms with Crippen molar-refractivity contribution in [3.8, 4) is 22.5 Å². The molecule has 0 aliphatic heterocycles. The smallest absolute Gasteiger partial charge is 0.139 e. The molecule has 0 saturated heterocycles. The molecule has 0 amide bonds. The van der Waals surface area contributed by atoms with E-state index in [9.17, 15) is 0 Å². The van der Waals surface area contributed by atoms with Crippen LogP contribution in [0.15, 0.2) is 89.7 Å². The molecule has 0 bridgehead atoms. The van der Waals surface area contributed by atoms with Gasteiger partial charge in [0.1, 0.15) is 5.58 Å². The summed E-state index contributed by atoms with van der Waals surface area (Å²) in [6.07, 6.45) is 5.57. The summed E-state index contributed by atoms with van der Waals surface area (Å²) in [7, 11) is -1.56. The molecule has 4 heterocycles. The first-order valence-electron chi connectivity index (χ1n) is 12.4. The minimum absolute atomic E-state index is 0. The maximum atomic E-state index is 6.19. The molecule has 4 aromatic heterocycles. The molecule has 0 unspecified atom stereocenters. The normalized spacial score (nSPS) is 11.1. The summed E-state index contributed by atoms with van der Waals surface area (Å²) < 4.78 is 6.19. The van der Waals surface area contributed by atoms with Crippen LogP contribution in [-0.4, -0.2) is 23.0 Å². The van der Waals surface area contributed by atoms with Gasteiger partial charge in [-0.05, 0) is 53.9 Å². The van der Waals surface area contributed by atoms with Crippen LogP contribution in [0.2, 0.25) is 19.6 Å². The van der Waals surface area contributed by atoms with E-state index in [1.807, 2.05) is 81.0 Å². The molecule has 0 fully saturated rings.